The van der Waals surface area contributed by atoms with Crippen LogP contribution in [-0.4, -0.2) is 22.8 Å². The first kappa shape index (κ1) is 11.0. The molecule has 1 aromatic heterocycles. The minimum absolute atomic E-state index is 0.0580. The van der Waals surface area contributed by atoms with Crippen LogP contribution in [0, 0.1) is 6.92 Å². The third kappa shape index (κ3) is 3.34. The van der Waals surface area contributed by atoms with Crippen LogP contribution in [0.15, 0.2) is 18.3 Å². The quantitative estimate of drug-likeness (QED) is 0.776. The number of rotatable bonds is 3. The van der Waals surface area contributed by atoms with Crippen LogP contribution in [0.2, 0.25) is 0 Å². The summed E-state index contributed by atoms with van der Waals surface area (Å²) in [4.78, 5) is 15.5. The summed E-state index contributed by atoms with van der Waals surface area (Å²) < 4.78 is 0. The van der Waals surface area contributed by atoms with Crippen molar-refractivity contribution in [3.8, 4) is 0 Å². The number of halogens is 1. The number of hydrogen-bond donors (Lipinski definition) is 1. The largest absolute Gasteiger partial charge is 0.351 e. The SMILES string of the molecule is Cc1ccc(C(=O)NCC(C)Cl)cn1. The van der Waals surface area contributed by atoms with Gasteiger partial charge in [-0.05, 0) is 26.0 Å². The highest BCUT2D eigenvalue weighted by molar-refractivity contribution is 6.20. The van der Waals surface area contributed by atoms with Crippen molar-refractivity contribution in [1.29, 1.82) is 0 Å². The second-order valence-electron chi connectivity index (χ2n) is 3.18. The Morgan fingerprint density at radius 2 is 2.36 bits per heavy atom. The minimum Gasteiger partial charge on any atom is -0.351 e. The Hall–Kier alpha value is -1.09. The Morgan fingerprint density at radius 1 is 1.64 bits per heavy atom. The molecule has 0 spiro atoms. The predicted octanol–water partition coefficient (Wildman–Crippen LogP) is 1.75. The molecule has 1 rings (SSSR count). The zero-order chi connectivity index (χ0) is 10.6. The first-order valence-electron chi connectivity index (χ1n) is 4.44. The highest BCUT2D eigenvalue weighted by Gasteiger charge is 2.05. The average molecular weight is 213 g/mol. The van der Waals surface area contributed by atoms with E-state index >= 15 is 0 Å². The Balaban J connectivity index is 2.57. The number of aromatic nitrogens is 1. The van der Waals surface area contributed by atoms with Gasteiger partial charge < -0.3 is 5.32 Å². The monoisotopic (exact) mass is 212 g/mol. The van der Waals surface area contributed by atoms with Crippen molar-refractivity contribution in [2.75, 3.05) is 6.54 Å². The molecule has 0 aliphatic carbocycles. The van der Waals surface area contributed by atoms with E-state index in [2.05, 4.69) is 10.3 Å². The van der Waals surface area contributed by atoms with Gasteiger partial charge in [-0.3, -0.25) is 9.78 Å². The second-order valence-corrected chi connectivity index (χ2v) is 3.92. The standard InChI is InChI=1S/C10H13ClN2O/c1-7(11)5-13-10(14)9-4-3-8(2)12-6-9/h3-4,6-7H,5H2,1-2H3,(H,13,14). The number of carbonyl (C=O) groups excluding carboxylic acids is 1. The lowest BCUT2D eigenvalue weighted by atomic mass is 10.2. The van der Waals surface area contributed by atoms with Gasteiger partial charge in [-0.2, -0.15) is 0 Å². The fourth-order valence-corrected chi connectivity index (χ4v) is 1.01. The van der Waals surface area contributed by atoms with E-state index in [4.69, 9.17) is 11.6 Å². The number of hydrogen-bond acceptors (Lipinski definition) is 2. The zero-order valence-electron chi connectivity index (χ0n) is 8.25. The molecule has 1 atom stereocenters. The molecule has 0 radical (unpaired) electrons. The van der Waals surface area contributed by atoms with Crippen molar-refractivity contribution in [1.82, 2.24) is 10.3 Å². The van der Waals surface area contributed by atoms with Gasteiger partial charge in [0, 0.05) is 23.8 Å². The van der Waals surface area contributed by atoms with Crippen molar-refractivity contribution in [3.63, 3.8) is 0 Å². The van der Waals surface area contributed by atoms with E-state index in [0.29, 0.717) is 12.1 Å². The molecule has 0 fully saturated rings. The van der Waals surface area contributed by atoms with Gasteiger partial charge in [-0.1, -0.05) is 0 Å². The molecule has 76 valence electrons. The molecule has 1 amide bonds. The molecule has 0 saturated carbocycles. The van der Waals surface area contributed by atoms with E-state index in [-0.39, 0.29) is 11.3 Å². The molecule has 1 unspecified atom stereocenters. The summed E-state index contributed by atoms with van der Waals surface area (Å²) in [5.41, 5.74) is 1.46. The Labute approximate surface area is 88.5 Å². The van der Waals surface area contributed by atoms with E-state index in [9.17, 15) is 4.79 Å². The average Bonchev–Trinajstić information content (AvgIpc) is 2.15. The maximum atomic E-state index is 11.5. The van der Waals surface area contributed by atoms with Crippen LogP contribution in [0.5, 0.6) is 0 Å². The van der Waals surface area contributed by atoms with Crippen LogP contribution < -0.4 is 5.32 Å². The van der Waals surface area contributed by atoms with Crippen LogP contribution >= 0.6 is 11.6 Å². The fraction of sp³-hybridized carbons (Fsp3) is 0.400. The molecular weight excluding hydrogens is 200 g/mol. The summed E-state index contributed by atoms with van der Waals surface area (Å²) >= 11 is 5.70. The highest BCUT2D eigenvalue weighted by atomic mass is 35.5. The van der Waals surface area contributed by atoms with Crippen LogP contribution in [0.25, 0.3) is 0 Å². The van der Waals surface area contributed by atoms with E-state index in [1.165, 1.54) is 0 Å². The Bertz CT molecular complexity index is 308. The van der Waals surface area contributed by atoms with Gasteiger partial charge in [0.25, 0.3) is 5.91 Å². The third-order valence-corrected chi connectivity index (χ3v) is 1.87. The predicted molar refractivity (Wildman–Crippen MR) is 56.6 cm³/mol. The number of carbonyl (C=O) groups is 1. The molecule has 0 bridgehead atoms. The van der Waals surface area contributed by atoms with Gasteiger partial charge in [0.15, 0.2) is 0 Å². The maximum absolute atomic E-state index is 11.5. The van der Waals surface area contributed by atoms with E-state index < -0.39 is 0 Å². The lowest BCUT2D eigenvalue weighted by Crippen LogP contribution is -2.28. The van der Waals surface area contributed by atoms with Crippen LogP contribution in [0.1, 0.15) is 23.0 Å². The number of alkyl halides is 1. The number of aryl methyl sites for hydroxylation is 1. The fourth-order valence-electron chi connectivity index (χ4n) is 0.938. The van der Waals surface area contributed by atoms with Crippen molar-refractivity contribution >= 4 is 17.5 Å². The molecule has 3 nitrogen and oxygen atoms in total. The first-order valence-corrected chi connectivity index (χ1v) is 4.88. The molecule has 4 heteroatoms. The molecule has 14 heavy (non-hydrogen) atoms. The van der Waals surface area contributed by atoms with Crippen molar-refractivity contribution < 1.29 is 4.79 Å². The number of nitrogens with one attached hydrogen (secondary N) is 1. The summed E-state index contributed by atoms with van der Waals surface area (Å²) in [5.74, 6) is -0.134. The number of nitrogens with zero attached hydrogens (tertiary/aromatic N) is 1. The molecule has 0 saturated heterocycles. The van der Waals surface area contributed by atoms with Gasteiger partial charge >= 0.3 is 0 Å². The molecule has 1 aromatic rings. The summed E-state index contributed by atoms with van der Waals surface area (Å²) in [5, 5.41) is 2.65. The van der Waals surface area contributed by atoms with Crippen molar-refractivity contribution in [3.05, 3.63) is 29.6 Å². The zero-order valence-corrected chi connectivity index (χ0v) is 9.01. The lowest BCUT2D eigenvalue weighted by molar-refractivity contribution is 0.0953. The second kappa shape index (κ2) is 4.96. The van der Waals surface area contributed by atoms with Crippen LogP contribution in [-0.2, 0) is 0 Å². The van der Waals surface area contributed by atoms with Gasteiger partial charge in [0.2, 0.25) is 0 Å². The normalized spacial score (nSPS) is 12.2. The summed E-state index contributed by atoms with van der Waals surface area (Å²) in [7, 11) is 0. The first-order chi connectivity index (χ1) is 6.59. The van der Waals surface area contributed by atoms with Gasteiger partial charge in [0.1, 0.15) is 0 Å². The molecule has 0 aliphatic heterocycles. The van der Waals surface area contributed by atoms with Gasteiger partial charge in [-0.15, -0.1) is 11.6 Å². The van der Waals surface area contributed by atoms with Crippen molar-refractivity contribution in [2.45, 2.75) is 19.2 Å². The minimum atomic E-state index is -0.134. The maximum Gasteiger partial charge on any atom is 0.252 e. The topological polar surface area (TPSA) is 42.0 Å². The molecule has 1 N–H and O–H groups in total. The molecule has 0 aromatic carbocycles. The number of amides is 1. The lowest BCUT2D eigenvalue weighted by Gasteiger charge is -2.05. The Kier molecular flexibility index (Phi) is 3.89. The van der Waals surface area contributed by atoms with Crippen LogP contribution in [0.3, 0.4) is 0 Å². The number of pyridine rings is 1. The van der Waals surface area contributed by atoms with E-state index in [0.717, 1.165) is 5.69 Å². The summed E-state index contributed by atoms with van der Waals surface area (Å²) in [6, 6.07) is 3.55. The molecule has 1 heterocycles. The van der Waals surface area contributed by atoms with E-state index in [1.807, 2.05) is 13.8 Å². The summed E-state index contributed by atoms with van der Waals surface area (Å²) in [6.07, 6.45) is 1.56. The molecule has 0 aliphatic rings. The summed E-state index contributed by atoms with van der Waals surface area (Å²) in [6.45, 7) is 4.17. The van der Waals surface area contributed by atoms with Crippen LogP contribution in [0.4, 0.5) is 0 Å². The third-order valence-electron chi connectivity index (χ3n) is 1.72. The van der Waals surface area contributed by atoms with Gasteiger partial charge in [0.05, 0.1) is 5.56 Å². The molecular formula is C10H13ClN2O. The Morgan fingerprint density at radius 3 is 2.86 bits per heavy atom. The van der Waals surface area contributed by atoms with E-state index in [1.54, 1.807) is 18.3 Å². The van der Waals surface area contributed by atoms with Gasteiger partial charge in [-0.25, -0.2) is 0 Å². The highest BCUT2D eigenvalue weighted by Crippen LogP contribution is 1.99. The van der Waals surface area contributed by atoms with Crippen molar-refractivity contribution in [2.24, 2.45) is 0 Å². The smallest absolute Gasteiger partial charge is 0.252 e.